The molecule has 0 saturated heterocycles. The fourth-order valence-corrected chi connectivity index (χ4v) is 3.08. The summed E-state index contributed by atoms with van der Waals surface area (Å²) in [4.78, 5) is 20.9. The first kappa shape index (κ1) is 22.5. The SMILES string of the molecule is CCCCNc1nc(Cl)[nH]c1C(=O)NCCCn1nnc(Cc2ccc(OC)cc2)n1. The van der Waals surface area contributed by atoms with E-state index in [-0.39, 0.29) is 11.2 Å². The van der Waals surface area contributed by atoms with Gasteiger partial charge in [0.05, 0.1) is 13.7 Å². The number of aromatic amines is 1. The number of hydrogen-bond acceptors (Lipinski definition) is 7. The summed E-state index contributed by atoms with van der Waals surface area (Å²) >= 11 is 5.92. The third-order valence-electron chi connectivity index (χ3n) is 4.56. The van der Waals surface area contributed by atoms with Crippen LogP contribution in [0.15, 0.2) is 24.3 Å². The van der Waals surface area contributed by atoms with Crippen LogP contribution in [0.4, 0.5) is 5.82 Å². The number of aryl methyl sites for hydroxylation is 1. The lowest BCUT2D eigenvalue weighted by molar-refractivity contribution is 0.0948. The van der Waals surface area contributed by atoms with Gasteiger partial charge < -0.3 is 20.4 Å². The van der Waals surface area contributed by atoms with E-state index in [4.69, 9.17) is 16.3 Å². The molecule has 0 atom stereocenters. The number of methoxy groups -OCH3 is 1. The van der Waals surface area contributed by atoms with Crippen LogP contribution in [0.3, 0.4) is 0 Å². The van der Waals surface area contributed by atoms with Gasteiger partial charge in [-0.15, -0.1) is 10.2 Å². The number of ether oxygens (including phenoxy) is 1. The molecule has 0 radical (unpaired) electrons. The van der Waals surface area contributed by atoms with Crippen molar-refractivity contribution in [2.45, 2.75) is 39.2 Å². The highest BCUT2D eigenvalue weighted by atomic mass is 35.5. The minimum atomic E-state index is -0.259. The zero-order valence-corrected chi connectivity index (χ0v) is 18.4. The third kappa shape index (κ3) is 6.68. The van der Waals surface area contributed by atoms with E-state index in [0.29, 0.717) is 43.3 Å². The van der Waals surface area contributed by atoms with Gasteiger partial charge in [0.2, 0.25) is 5.28 Å². The summed E-state index contributed by atoms with van der Waals surface area (Å²) in [7, 11) is 1.64. The number of carbonyl (C=O) groups is 1. The van der Waals surface area contributed by atoms with E-state index in [2.05, 4.69) is 42.9 Å². The maximum absolute atomic E-state index is 12.4. The summed E-state index contributed by atoms with van der Waals surface area (Å²) in [6, 6.07) is 7.75. The second-order valence-electron chi connectivity index (χ2n) is 6.97. The first-order valence-electron chi connectivity index (χ1n) is 10.3. The fraction of sp³-hybridized carbons (Fsp3) is 0.450. The molecule has 0 unspecified atom stereocenters. The fourth-order valence-electron chi connectivity index (χ4n) is 2.90. The minimum Gasteiger partial charge on any atom is -0.497 e. The number of rotatable bonds is 12. The van der Waals surface area contributed by atoms with E-state index < -0.39 is 0 Å². The van der Waals surface area contributed by atoms with Crippen LogP contribution < -0.4 is 15.4 Å². The van der Waals surface area contributed by atoms with E-state index in [1.165, 1.54) is 4.80 Å². The molecule has 1 aromatic carbocycles. The van der Waals surface area contributed by atoms with Gasteiger partial charge in [0, 0.05) is 19.5 Å². The molecule has 0 fully saturated rings. The van der Waals surface area contributed by atoms with Gasteiger partial charge in [0.15, 0.2) is 11.6 Å². The molecule has 11 heteroatoms. The van der Waals surface area contributed by atoms with E-state index in [1.807, 2.05) is 24.3 Å². The molecule has 166 valence electrons. The number of nitrogens with one attached hydrogen (secondary N) is 3. The number of amides is 1. The number of halogens is 1. The maximum atomic E-state index is 12.4. The smallest absolute Gasteiger partial charge is 0.271 e. The van der Waals surface area contributed by atoms with Gasteiger partial charge in [0.1, 0.15) is 11.4 Å². The average molecular weight is 447 g/mol. The standard InChI is InChI=1S/C20H27ClN8O2/c1-3-4-10-22-18-17(24-20(21)25-18)19(30)23-11-5-12-29-27-16(26-28-29)13-14-6-8-15(31-2)9-7-14/h6-9,22H,3-5,10-13H2,1-2H3,(H,23,30)(H,24,25). The normalized spacial score (nSPS) is 10.8. The monoisotopic (exact) mass is 446 g/mol. The van der Waals surface area contributed by atoms with Crippen molar-refractivity contribution in [2.24, 2.45) is 0 Å². The first-order valence-corrected chi connectivity index (χ1v) is 10.6. The van der Waals surface area contributed by atoms with Crippen LogP contribution in [0, 0.1) is 0 Å². The number of imidazole rings is 1. The Morgan fingerprint density at radius 1 is 1.23 bits per heavy atom. The Labute approximate surface area is 185 Å². The number of nitrogens with zero attached hydrogens (tertiary/aromatic N) is 5. The van der Waals surface area contributed by atoms with Gasteiger partial charge in [-0.25, -0.2) is 4.98 Å². The predicted molar refractivity (Wildman–Crippen MR) is 118 cm³/mol. The van der Waals surface area contributed by atoms with E-state index in [1.54, 1.807) is 7.11 Å². The van der Waals surface area contributed by atoms with Crippen molar-refractivity contribution in [1.29, 1.82) is 0 Å². The quantitative estimate of drug-likeness (QED) is 0.365. The number of anilines is 1. The molecule has 0 bridgehead atoms. The molecule has 2 heterocycles. The van der Waals surface area contributed by atoms with Gasteiger partial charge in [-0.1, -0.05) is 25.5 Å². The number of carbonyl (C=O) groups excluding carboxylic acids is 1. The Bertz CT molecular complexity index is 970. The van der Waals surface area contributed by atoms with E-state index in [0.717, 1.165) is 30.7 Å². The molecule has 0 aliphatic rings. The molecule has 0 saturated carbocycles. The summed E-state index contributed by atoms with van der Waals surface area (Å²) in [6.45, 7) is 3.83. The van der Waals surface area contributed by atoms with Crippen LogP contribution >= 0.6 is 11.6 Å². The highest BCUT2D eigenvalue weighted by Crippen LogP contribution is 2.16. The number of aromatic nitrogens is 6. The van der Waals surface area contributed by atoms with Crippen molar-refractivity contribution in [2.75, 3.05) is 25.5 Å². The highest BCUT2D eigenvalue weighted by Gasteiger charge is 2.16. The maximum Gasteiger partial charge on any atom is 0.271 e. The van der Waals surface area contributed by atoms with Gasteiger partial charge in [-0.3, -0.25) is 4.79 Å². The Morgan fingerprint density at radius 2 is 2.03 bits per heavy atom. The zero-order valence-electron chi connectivity index (χ0n) is 17.7. The number of tetrazole rings is 1. The second kappa shape index (κ2) is 11.3. The Balaban J connectivity index is 1.43. The molecule has 2 aromatic heterocycles. The molecule has 0 aliphatic heterocycles. The van der Waals surface area contributed by atoms with Crippen molar-refractivity contribution < 1.29 is 9.53 Å². The Morgan fingerprint density at radius 3 is 2.77 bits per heavy atom. The Hall–Kier alpha value is -3.14. The first-order chi connectivity index (χ1) is 15.1. The minimum absolute atomic E-state index is 0.181. The molecule has 10 nitrogen and oxygen atoms in total. The average Bonchev–Trinajstić information content (AvgIpc) is 3.38. The number of benzene rings is 1. The van der Waals surface area contributed by atoms with Gasteiger partial charge in [-0.05, 0) is 47.4 Å². The van der Waals surface area contributed by atoms with Crippen molar-refractivity contribution in [1.82, 2.24) is 35.5 Å². The van der Waals surface area contributed by atoms with Crippen LogP contribution in [0.1, 0.15) is 48.1 Å². The van der Waals surface area contributed by atoms with Crippen molar-refractivity contribution in [3.05, 3.63) is 46.6 Å². The summed E-state index contributed by atoms with van der Waals surface area (Å²) in [5, 5.41) is 18.7. The van der Waals surface area contributed by atoms with Gasteiger partial charge in [0.25, 0.3) is 5.91 Å². The zero-order chi connectivity index (χ0) is 22.1. The lowest BCUT2D eigenvalue weighted by Crippen LogP contribution is -2.26. The Kier molecular flexibility index (Phi) is 8.22. The van der Waals surface area contributed by atoms with Crippen molar-refractivity contribution in [3.63, 3.8) is 0 Å². The largest absolute Gasteiger partial charge is 0.497 e. The van der Waals surface area contributed by atoms with Crippen LogP contribution in [0.25, 0.3) is 0 Å². The second-order valence-corrected chi connectivity index (χ2v) is 7.33. The van der Waals surface area contributed by atoms with E-state index in [9.17, 15) is 4.79 Å². The number of hydrogen-bond donors (Lipinski definition) is 3. The molecular formula is C20H27ClN8O2. The van der Waals surface area contributed by atoms with Crippen molar-refractivity contribution >= 4 is 23.3 Å². The summed E-state index contributed by atoms with van der Waals surface area (Å²) in [5.41, 5.74) is 1.41. The van der Waals surface area contributed by atoms with Crippen molar-refractivity contribution in [3.8, 4) is 5.75 Å². The molecule has 3 rings (SSSR count). The third-order valence-corrected chi connectivity index (χ3v) is 4.74. The molecule has 31 heavy (non-hydrogen) atoms. The lowest BCUT2D eigenvalue weighted by atomic mass is 10.1. The van der Waals surface area contributed by atoms with Crippen LogP contribution in [0.5, 0.6) is 5.75 Å². The van der Waals surface area contributed by atoms with Gasteiger partial charge in [-0.2, -0.15) is 4.80 Å². The molecule has 0 aliphatic carbocycles. The van der Waals surface area contributed by atoms with Crippen LogP contribution in [-0.4, -0.2) is 56.3 Å². The van der Waals surface area contributed by atoms with Crippen LogP contribution in [-0.2, 0) is 13.0 Å². The van der Waals surface area contributed by atoms with Crippen LogP contribution in [0.2, 0.25) is 5.28 Å². The van der Waals surface area contributed by atoms with Gasteiger partial charge >= 0.3 is 0 Å². The number of unbranched alkanes of at least 4 members (excludes halogenated alkanes) is 1. The highest BCUT2D eigenvalue weighted by molar-refractivity contribution is 6.28. The van der Waals surface area contributed by atoms with E-state index >= 15 is 0 Å². The topological polar surface area (TPSA) is 123 Å². The lowest BCUT2D eigenvalue weighted by Gasteiger charge is -2.06. The molecule has 3 N–H and O–H groups in total. The molecular weight excluding hydrogens is 420 g/mol. The molecule has 1 amide bonds. The summed E-state index contributed by atoms with van der Waals surface area (Å²) in [6.07, 6.45) is 3.28. The summed E-state index contributed by atoms with van der Waals surface area (Å²) < 4.78 is 5.16. The predicted octanol–water partition coefficient (Wildman–Crippen LogP) is 2.68. The summed E-state index contributed by atoms with van der Waals surface area (Å²) in [5.74, 6) is 1.66. The molecule has 3 aromatic rings. The molecule has 0 spiro atoms. The number of H-pyrrole nitrogens is 1.